The molecule has 0 spiro atoms. The predicted octanol–water partition coefficient (Wildman–Crippen LogP) is 4.58. The monoisotopic (exact) mass is 635 g/mol. The second-order valence-electron chi connectivity index (χ2n) is 5.71. The Labute approximate surface area is 197 Å². The Kier molecular flexibility index (Phi) is 8.74. The molecule has 3 aromatic rings. The number of carbonyl (C=O) groups is 3. The van der Waals surface area contributed by atoms with Crippen LogP contribution in [-0.4, -0.2) is 15.7 Å². The molecule has 0 saturated carbocycles. The van der Waals surface area contributed by atoms with Gasteiger partial charge in [0.25, 0.3) is 15.7 Å². The molecule has 0 N–H and O–H groups in total. The predicted molar refractivity (Wildman–Crippen MR) is 116 cm³/mol. The second-order valence-corrected chi connectivity index (χ2v) is 8.93. The molecule has 0 aliphatic heterocycles. The molecule has 3 rings (SSSR count). The maximum absolute atomic E-state index is 12.3. The van der Waals surface area contributed by atoms with Crippen molar-refractivity contribution in [3.8, 4) is 0 Å². The van der Waals surface area contributed by atoms with Crippen LogP contribution in [0.25, 0.3) is 0 Å². The van der Waals surface area contributed by atoms with E-state index in [0.29, 0.717) is 5.30 Å². The van der Waals surface area contributed by atoms with E-state index in [0.717, 1.165) is 10.6 Å². The quantitative estimate of drug-likeness (QED) is 0.295. The Morgan fingerprint density at radius 1 is 0.586 bits per heavy atom. The normalized spacial score (nSPS) is 10.3. The van der Waals surface area contributed by atoms with Crippen molar-refractivity contribution in [3.63, 3.8) is 0 Å². The van der Waals surface area contributed by atoms with E-state index in [1.807, 2.05) is 60.7 Å². The maximum atomic E-state index is 12.3. The summed E-state index contributed by atoms with van der Waals surface area (Å²) in [4.78, 5) is 36.2. The molecule has 0 amide bonds. The van der Waals surface area contributed by atoms with Crippen molar-refractivity contribution < 1.29 is 34.8 Å². The third-order valence-corrected chi connectivity index (χ3v) is 7.12. The van der Waals surface area contributed by atoms with Gasteiger partial charge in [0.1, 0.15) is 0 Å². The molecule has 8 heteroatoms. The number of benzene rings is 3. The standard InChI is InChI=1S/C21H12Cl3O3P.Re/c22-19(25)15-11-12-16(18(21(24)27)17(15)20(23)26)28(13-7-3-1-4-8-13)14-9-5-2-6-10-14;/h1-12H;. The van der Waals surface area contributed by atoms with Crippen molar-refractivity contribution in [2.75, 3.05) is 0 Å². The van der Waals surface area contributed by atoms with Crippen LogP contribution in [0.3, 0.4) is 0 Å². The summed E-state index contributed by atoms with van der Waals surface area (Å²) in [5.41, 5.74) is -0.504. The first-order chi connectivity index (χ1) is 13.4. The maximum Gasteiger partial charge on any atom is 0.253 e. The average Bonchev–Trinajstić information content (AvgIpc) is 2.69. The van der Waals surface area contributed by atoms with Crippen molar-refractivity contribution in [1.82, 2.24) is 0 Å². The van der Waals surface area contributed by atoms with Gasteiger partial charge >= 0.3 is 0 Å². The summed E-state index contributed by atoms with van der Waals surface area (Å²) >= 11 is 17.2. The van der Waals surface area contributed by atoms with Crippen molar-refractivity contribution in [2.45, 2.75) is 0 Å². The largest absolute Gasteiger partial charge is 0.276 e. The van der Waals surface area contributed by atoms with E-state index in [1.165, 1.54) is 6.07 Å². The van der Waals surface area contributed by atoms with E-state index in [4.69, 9.17) is 34.8 Å². The molecule has 0 atom stereocenters. The summed E-state index contributed by atoms with van der Waals surface area (Å²) in [6.45, 7) is 0. The topological polar surface area (TPSA) is 51.2 Å². The minimum Gasteiger partial charge on any atom is -0.276 e. The van der Waals surface area contributed by atoms with Gasteiger partial charge in [-0.25, -0.2) is 0 Å². The fourth-order valence-electron chi connectivity index (χ4n) is 2.93. The number of carbonyl (C=O) groups excluding carboxylic acids is 3. The van der Waals surface area contributed by atoms with Gasteiger partial charge in [-0.3, -0.25) is 14.4 Å². The van der Waals surface area contributed by atoms with Gasteiger partial charge in [0, 0.05) is 26.0 Å². The number of hydrogen-bond acceptors (Lipinski definition) is 3. The van der Waals surface area contributed by atoms with Gasteiger partial charge in [-0.1, -0.05) is 66.7 Å². The summed E-state index contributed by atoms with van der Waals surface area (Å²) in [5.74, 6) is 0. The summed E-state index contributed by atoms with van der Waals surface area (Å²) in [6, 6.07) is 22.1. The molecule has 3 aromatic carbocycles. The van der Waals surface area contributed by atoms with Crippen LogP contribution >= 0.6 is 42.7 Å². The zero-order valence-corrected chi connectivity index (χ0v) is 20.5. The van der Waals surface area contributed by atoms with Gasteiger partial charge in [-0.05, 0) is 64.7 Å². The van der Waals surface area contributed by atoms with Crippen molar-refractivity contribution >= 4 is 74.4 Å². The summed E-state index contributed by atoms with van der Waals surface area (Å²) in [5, 5.41) is -0.317. The van der Waals surface area contributed by atoms with E-state index in [2.05, 4.69) is 0 Å². The minimum absolute atomic E-state index is 0. The summed E-state index contributed by atoms with van der Waals surface area (Å²) in [6.07, 6.45) is 0. The zero-order chi connectivity index (χ0) is 20.3. The first-order valence-electron chi connectivity index (χ1n) is 8.08. The van der Waals surface area contributed by atoms with Gasteiger partial charge < -0.3 is 0 Å². The van der Waals surface area contributed by atoms with Crippen LogP contribution in [0.5, 0.6) is 0 Å². The molecule has 0 heterocycles. The summed E-state index contributed by atoms with van der Waals surface area (Å²) < 4.78 is 0. The fraction of sp³-hybridized carbons (Fsp3) is 0. The SMILES string of the molecule is O=C(Cl)c1ccc(P(c2ccccc2)c2ccccc2)c(C(=O)Cl)c1C(=O)Cl.[Re]. The third-order valence-electron chi connectivity index (χ3n) is 4.06. The molecular weight excluding hydrogens is 624 g/mol. The Balaban J connectivity index is 0.00000300. The molecule has 0 bridgehead atoms. The van der Waals surface area contributed by atoms with E-state index >= 15 is 0 Å². The van der Waals surface area contributed by atoms with Crippen LogP contribution in [-0.2, 0) is 20.4 Å². The minimum atomic E-state index is -1.24. The van der Waals surface area contributed by atoms with E-state index < -0.39 is 23.6 Å². The zero-order valence-electron chi connectivity index (χ0n) is 14.6. The molecule has 147 valence electrons. The molecular formula is C21H12Cl3O3PRe. The van der Waals surface area contributed by atoms with Crippen LogP contribution in [0.15, 0.2) is 72.8 Å². The molecule has 29 heavy (non-hydrogen) atoms. The Morgan fingerprint density at radius 3 is 1.41 bits per heavy atom. The van der Waals surface area contributed by atoms with Crippen LogP contribution < -0.4 is 15.9 Å². The Bertz CT molecular complexity index is 1020. The average molecular weight is 636 g/mol. The number of rotatable bonds is 6. The number of halogens is 3. The molecule has 0 fully saturated rings. The second kappa shape index (κ2) is 10.6. The fourth-order valence-corrected chi connectivity index (χ4v) is 6.00. The molecule has 0 aromatic heterocycles. The van der Waals surface area contributed by atoms with Gasteiger partial charge in [0.05, 0.1) is 11.1 Å². The summed E-state index contributed by atoms with van der Waals surface area (Å²) in [7, 11) is -1.24. The molecule has 0 unspecified atom stereocenters. The van der Waals surface area contributed by atoms with Crippen LogP contribution in [0, 0.1) is 0 Å². The van der Waals surface area contributed by atoms with Crippen molar-refractivity contribution in [3.05, 3.63) is 89.5 Å². The number of hydrogen-bond donors (Lipinski definition) is 0. The van der Waals surface area contributed by atoms with E-state index in [1.54, 1.807) is 6.07 Å². The molecule has 0 aliphatic rings. The van der Waals surface area contributed by atoms with Crippen LogP contribution in [0.4, 0.5) is 0 Å². The Hall–Kier alpha value is -1.37. The van der Waals surface area contributed by atoms with Crippen LogP contribution in [0.1, 0.15) is 31.1 Å². The smallest absolute Gasteiger partial charge is 0.253 e. The van der Waals surface area contributed by atoms with Gasteiger partial charge in [-0.15, -0.1) is 0 Å². The van der Waals surface area contributed by atoms with E-state index in [9.17, 15) is 14.4 Å². The van der Waals surface area contributed by atoms with Gasteiger partial charge in [0.15, 0.2) is 0 Å². The molecule has 3 nitrogen and oxygen atoms in total. The van der Waals surface area contributed by atoms with Crippen LogP contribution in [0.2, 0.25) is 0 Å². The Morgan fingerprint density at radius 2 is 1.03 bits per heavy atom. The first kappa shape index (κ1) is 23.9. The van der Waals surface area contributed by atoms with Gasteiger partial charge in [0.2, 0.25) is 0 Å². The van der Waals surface area contributed by atoms with Crippen molar-refractivity contribution in [2.24, 2.45) is 0 Å². The first-order valence-corrected chi connectivity index (χ1v) is 10.6. The third kappa shape index (κ3) is 5.22. The van der Waals surface area contributed by atoms with Gasteiger partial charge in [-0.2, -0.15) is 0 Å². The molecule has 0 aliphatic carbocycles. The molecule has 0 saturated heterocycles. The van der Waals surface area contributed by atoms with Crippen molar-refractivity contribution in [1.29, 1.82) is 0 Å². The molecule has 1 radical (unpaired) electrons. The van der Waals surface area contributed by atoms with E-state index in [-0.39, 0.29) is 37.1 Å².